The SMILES string of the molecule is C[C@@H](Nc1ccc2oc(C(C)(C)C)nc2c1)C(=O)N1CCNC1=O. The molecule has 2 aromatic rings. The van der Waals surface area contributed by atoms with E-state index in [0.29, 0.717) is 24.6 Å². The van der Waals surface area contributed by atoms with Gasteiger partial charge >= 0.3 is 6.03 Å². The number of carbonyl (C=O) groups excluding carboxylic acids is 2. The van der Waals surface area contributed by atoms with Gasteiger partial charge in [0.1, 0.15) is 11.6 Å². The molecule has 1 atom stereocenters. The van der Waals surface area contributed by atoms with Gasteiger partial charge in [0.15, 0.2) is 5.58 Å². The average molecular weight is 330 g/mol. The highest BCUT2D eigenvalue weighted by Crippen LogP contribution is 2.27. The number of benzene rings is 1. The van der Waals surface area contributed by atoms with Gasteiger partial charge in [0, 0.05) is 24.2 Å². The Morgan fingerprint density at radius 3 is 2.79 bits per heavy atom. The number of anilines is 1. The van der Waals surface area contributed by atoms with Crippen LogP contribution in [-0.2, 0) is 10.2 Å². The van der Waals surface area contributed by atoms with Crippen LogP contribution in [0.1, 0.15) is 33.6 Å². The molecule has 1 aliphatic rings. The first-order chi connectivity index (χ1) is 11.3. The third-order valence-electron chi connectivity index (χ3n) is 3.91. The lowest BCUT2D eigenvalue weighted by Gasteiger charge is -2.19. The molecule has 1 aromatic carbocycles. The predicted octanol–water partition coefficient (Wildman–Crippen LogP) is 2.48. The van der Waals surface area contributed by atoms with Crippen molar-refractivity contribution in [2.75, 3.05) is 18.4 Å². The summed E-state index contributed by atoms with van der Waals surface area (Å²) in [6.07, 6.45) is 0. The van der Waals surface area contributed by atoms with Gasteiger partial charge in [-0.05, 0) is 25.1 Å². The number of aromatic nitrogens is 1. The van der Waals surface area contributed by atoms with E-state index >= 15 is 0 Å². The number of oxazole rings is 1. The van der Waals surface area contributed by atoms with Crippen LogP contribution in [0.3, 0.4) is 0 Å². The lowest BCUT2D eigenvalue weighted by atomic mass is 9.97. The van der Waals surface area contributed by atoms with Gasteiger partial charge in [-0.1, -0.05) is 20.8 Å². The summed E-state index contributed by atoms with van der Waals surface area (Å²) in [6.45, 7) is 8.76. The maximum absolute atomic E-state index is 12.3. The van der Waals surface area contributed by atoms with E-state index in [9.17, 15) is 9.59 Å². The van der Waals surface area contributed by atoms with Crippen molar-refractivity contribution < 1.29 is 14.0 Å². The molecule has 2 N–H and O–H groups in total. The monoisotopic (exact) mass is 330 g/mol. The smallest absolute Gasteiger partial charge is 0.324 e. The molecule has 2 heterocycles. The fourth-order valence-corrected chi connectivity index (χ4v) is 2.57. The summed E-state index contributed by atoms with van der Waals surface area (Å²) < 4.78 is 5.77. The molecule has 1 aliphatic heterocycles. The molecule has 7 heteroatoms. The van der Waals surface area contributed by atoms with E-state index in [1.165, 1.54) is 4.90 Å². The molecular weight excluding hydrogens is 308 g/mol. The highest BCUT2D eigenvalue weighted by Gasteiger charge is 2.29. The number of nitrogens with one attached hydrogen (secondary N) is 2. The van der Waals surface area contributed by atoms with Crippen molar-refractivity contribution in [2.24, 2.45) is 0 Å². The predicted molar refractivity (Wildman–Crippen MR) is 90.9 cm³/mol. The van der Waals surface area contributed by atoms with Crippen LogP contribution in [0.5, 0.6) is 0 Å². The van der Waals surface area contributed by atoms with Crippen molar-refractivity contribution in [3.63, 3.8) is 0 Å². The Hall–Kier alpha value is -2.57. The second kappa shape index (κ2) is 5.81. The number of carbonyl (C=O) groups is 2. The highest BCUT2D eigenvalue weighted by atomic mass is 16.3. The van der Waals surface area contributed by atoms with Crippen molar-refractivity contribution >= 4 is 28.7 Å². The summed E-state index contributed by atoms with van der Waals surface area (Å²) in [4.78, 5) is 29.7. The Bertz CT molecular complexity index is 791. The zero-order chi connectivity index (χ0) is 17.5. The third kappa shape index (κ3) is 3.06. The fraction of sp³-hybridized carbons (Fsp3) is 0.471. The summed E-state index contributed by atoms with van der Waals surface area (Å²) in [5, 5.41) is 5.75. The van der Waals surface area contributed by atoms with Gasteiger partial charge in [-0.25, -0.2) is 9.78 Å². The molecule has 0 radical (unpaired) electrons. The summed E-state index contributed by atoms with van der Waals surface area (Å²) >= 11 is 0. The molecule has 0 unspecified atom stereocenters. The number of rotatable bonds is 3. The van der Waals surface area contributed by atoms with E-state index in [-0.39, 0.29) is 17.4 Å². The van der Waals surface area contributed by atoms with Crippen molar-refractivity contribution in [1.29, 1.82) is 0 Å². The van der Waals surface area contributed by atoms with Crippen LogP contribution in [0.25, 0.3) is 11.1 Å². The van der Waals surface area contributed by atoms with Crippen molar-refractivity contribution in [3.05, 3.63) is 24.1 Å². The van der Waals surface area contributed by atoms with Gasteiger partial charge in [-0.3, -0.25) is 9.69 Å². The molecule has 3 amide bonds. The minimum absolute atomic E-state index is 0.168. The minimum atomic E-state index is -0.514. The minimum Gasteiger partial charge on any atom is -0.440 e. The number of nitrogens with zero attached hydrogens (tertiary/aromatic N) is 2. The molecule has 128 valence electrons. The molecule has 1 saturated heterocycles. The maximum atomic E-state index is 12.3. The van der Waals surface area contributed by atoms with Crippen LogP contribution in [0, 0.1) is 0 Å². The topological polar surface area (TPSA) is 87.5 Å². The first-order valence-corrected chi connectivity index (χ1v) is 8.02. The van der Waals surface area contributed by atoms with Crippen molar-refractivity contribution in [3.8, 4) is 0 Å². The molecule has 0 spiro atoms. The normalized spacial score (nSPS) is 16.3. The van der Waals surface area contributed by atoms with E-state index in [1.807, 2.05) is 39.0 Å². The Morgan fingerprint density at radius 1 is 1.42 bits per heavy atom. The Labute approximate surface area is 140 Å². The van der Waals surface area contributed by atoms with E-state index in [2.05, 4.69) is 15.6 Å². The van der Waals surface area contributed by atoms with Gasteiger partial charge < -0.3 is 15.1 Å². The molecule has 7 nitrogen and oxygen atoms in total. The number of amides is 3. The average Bonchev–Trinajstić information content (AvgIpc) is 3.11. The zero-order valence-corrected chi connectivity index (χ0v) is 14.3. The fourth-order valence-electron chi connectivity index (χ4n) is 2.57. The lowest BCUT2D eigenvalue weighted by molar-refractivity contribution is -0.128. The first-order valence-electron chi connectivity index (χ1n) is 8.02. The largest absolute Gasteiger partial charge is 0.440 e. The molecule has 0 aliphatic carbocycles. The van der Waals surface area contributed by atoms with Gasteiger partial charge in [-0.2, -0.15) is 0 Å². The molecular formula is C17H22N4O3. The summed E-state index contributed by atoms with van der Waals surface area (Å²) in [5.41, 5.74) is 2.04. The van der Waals surface area contributed by atoms with Crippen LogP contribution >= 0.6 is 0 Å². The van der Waals surface area contributed by atoms with E-state index in [1.54, 1.807) is 6.92 Å². The van der Waals surface area contributed by atoms with Crippen LogP contribution in [0.2, 0.25) is 0 Å². The van der Waals surface area contributed by atoms with Crippen LogP contribution < -0.4 is 10.6 Å². The van der Waals surface area contributed by atoms with Crippen LogP contribution in [0.4, 0.5) is 10.5 Å². The molecule has 3 rings (SSSR count). The summed E-state index contributed by atoms with van der Waals surface area (Å²) in [7, 11) is 0. The van der Waals surface area contributed by atoms with Gasteiger partial charge in [0.25, 0.3) is 5.91 Å². The summed E-state index contributed by atoms with van der Waals surface area (Å²) in [5.74, 6) is 0.424. The van der Waals surface area contributed by atoms with Crippen LogP contribution in [0.15, 0.2) is 22.6 Å². The standard InChI is InChI=1S/C17H22N4O3/c1-10(14(22)21-8-7-18-16(21)23)19-11-5-6-13-12(9-11)20-15(24-13)17(2,3)4/h5-6,9-10,19H,7-8H2,1-4H3,(H,18,23)/t10-/m1/s1. The second-order valence-electron chi connectivity index (χ2n) is 7.04. The second-order valence-corrected chi connectivity index (χ2v) is 7.04. The number of fused-ring (bicyclic) bond motifs is 1. The third-order valence-corrected chi connectivity index (χ3v) is 3.91. The van der Waals surface area contributed by atoms with E-state index in [0.717, 1.165) is 11.2 Å². The molecule has 0 saturated carbocycles. The van der Waals surface area contributed by atoms with Gasteiger partial charge in [0.05, 0.1) is 0 Å². The number of imide groups is 1. The van der Waals surface area contributed by atoms with E-state index in [4.69, 9.17) is 4.42 Å². The first kappa shape index (κ1) is 16.3. The van der Waals surface area contributed by atoms with Gasteiger partial charge in [0.2, 0.25) is 5.89 Å². The highest BCUT2D eigenvalue weighted by molar-refractivity contribution is 5.99. The molecule has 24 heavy (non-hydrogen) atoms. The maximum Gasteiger partial charge on any atom is 0.324 e. The van der Waals surface area contributed by atoms with E-state index < -0.39 is 6.04 Å². The Kier molecular flexibility index (Phi) is 3.95. The zero-order valence-electron chi connectivity index (χ0n) is 14.3. The number of hydrogen-bond donors (Lipinski definition) is 2. The molecule has 1 fully saturated rings. The lowest BCUT2D eigenvalue weighted by Crippen LogP contribution is -2.43. The quantitative estimate of drug-likeness (QED) is 0.903. The van der Waals surface area contributed by atoms with Gasteiger partial charge in [-0.15, -0.1) is 0 Å². The number of urea groups is 1. The molecule has 1 aromatic heterocycles. The molecule has 0 bridgehead atoms. The van der Waals surface area contributed by atoms with Crippen molar-refractivity contribution in [2.45, 2.75) is 39.2 Å². The number of hydrogen-bond acceptors (Lipinski definition) is 5. The van der Waals surface area contributed by atoms with Crippen molar-refractivity contribution in [1.82, 2.24) is 15.2 Å². The Balaban J connectivity index is 1.77. The summed E-state index contributed by atoms with van der Waals surface area (Å²) in [6, 6.07) is 4.67. The van der Waals surface area contributed by atoms with Crippen LogP contribution in [-0.4, -0.2) is 41.0 Å². The Morgan fingerprint density at radius 2 is 2.17 bits per heavy atom.